The summed E-state index contributed by atoms with van der Waals surface area (Å²) in [5.74, 6) is -0.515. The summed E-state index contributed by atoms with van der Waals surface area (Å²) < 4.78 is 6.66. The minimum Gasteiger partial charge on any atom is -0.467 e. The Balaban J connectivity index is 1.93. The molecule has 1 aliphatic heterocycles. The van der Waals surface area contributed by atoms with Crippen molar-refractivity contribution in [3.05, 3.63) is 17.0 Å². The van der Waals surface area contributed by atoms with Gasteiger partial charge in [-0.25, -0.2) is 4.79 Å². The lowest BCUT2D eigenvalue weighted by atomic mass is 9.91. The number of likely N-dealkylation sites (tertiary alicyclic amines) is 1. The Hall–Kier alpha value is -1.40. The fourth-order valence-corrected chi connectivity index (χ4v) is 3.23. The highest BCUT2D eigenvalue weighted by molar-refractivity contribution is 5.74. The SMILES string of the molecule is CCn1nc(C)c(CN2CCC(C(O)C(=O)OC)CC2)c1C. The number of rotatable bonds is 5. The lowest BCUT2D eigenvalue weighted by Gasteiger charge is -2.33. The molecule has 124 valence electrons. The smallest absolute Gasteiger partial charge is 0.334 e. The van der Waals surface area contributed by atoms with Crippen LogP contribution in [0, 0.1) is 19.8 Å². The first-order valence-electron chi connectivity index (χ1n) is 7.99. The Morgan fingerprint density at radius 1 is 1.41 bits per heavy atom. The number of ether oxygens (including phenoxy) is 1. The third-order valence-corrected chi connectivity index (χ3v) is 4.73. The Kier molecular flexibility index (Phi) is 5.58. The van der Waals surface area contributed by atoms with Crippen molar-refractivity contribution in [3.63, 3.8) is 0 Å². The van der Waals surface area contributed by atoms with Crippen LogP contribution in [-0.2, 0) is 22.6 Å². The highest BCUT2D eigenvalue weighted by Crippen LogP contribution is 2.24. The number of aliphatic hydroxyl groups is 1. The van der Waals surface area contributed by atoms with Crippen molar-refractivity contribution < 1.29 is 14.6 Å². The van der Waals surface area contributed by atoms with Crippen molar-refractivity contribution in [2.45, 2.75) is 52.8 Å². The van der Waals surface area contributed by atoms with E-state index in [4.69, 9.17) is 0 Å². The number of hydrogen-bond donors (Lipinski definition) is 1. The van der Waals surface area contributed by atoms with Gasteiger partial charge in [0.2, 0.25) is 0 Å². The molecule has 1 N–H and O–H groups in total. The molecule has 1 aliphatic rings. The molecular formula is C16H27N3O3. The average Bonchev–Trinajstić information content (AvgIpc) is 2.81. The standard InChI is InChI=1S/C16H27N3O3/c1-5-19-12(3)14(11(2)17-19)10-18-8-6-13(7-9-18)15(20)16(21)22-4/h13,15,20H,5-10H2,1-4H3. The first kappa shape index (κ1) is 17.0. The molecule has 1 aromatic rings. The summed E-state index contributed by atoms with van der Waals surface area (Å²) in [6.45, 7) is 9.82. The lowest BCUT2D eigenvalue weighted by molar-refractivity contribution is -0.154. The van der Waals surface area contributed by atoms with Crippen molar-refractivity contribution in [3.8, 4) is 0 Å². The minimum atomic E-state index is -0.988. The monoisotopic (exact) mass is 309 g/mol. The molecule has 0 aliphatic carbocycles. The van der Waals surface area contributed by atoms with Gasteiger partial charge in [0.05, 0.1) is 12.8 Å². The molecule has 1 unspecified atom stereocenters. The number of aromatic nitrogens is 2. The number of methoxy groups -OCH3 is 1. The topological polar surface area (TPSA) is 67.6 Å². The third kappa shape index (κ3) is 3.50. The second kappa shape index (κ2) is 7.24. The van der Waals surface area contributed by atoms with Crippen LogP contribution in [0.4, 0.5) is 0 Å². The fourth-order valence-electron chi connectivity index (χ4n) is 3.23. The van der Waals surface area contributed by atoms with Crippen molar-refractivity contribution in [2.24, 2.45) is 5.92 Å². The van der Waals surface area contributed by atoms with E-state index < -0.39 is 12.1 Å². The average molecular weight is 309 g/mol. The van der Waals surface area contributed by atoms with Crippen molar-refractivity contribution >= 4 is 5.97 Å². The summed E-state index contributed by atoms with van der Waals surface area (Å²) >= 11 is 0. The van der Waals surface area contributed by atoms with Crippen LogP contribution in [0.3, 0.4) is 0 Å². The van der Waals surface area contributed by atoms with Gasteiger partial charge in [-0.3, -0.25) is 9.58 Å². The normalized spacial score (nSPS) is 18.4. The van der Waals surface area contributed by atoms with Crippen LogP contribution in [0.25, 0.3) is 0 Å². The zero-order chi connectivity index (χ0) is 16.3. The molecule has 1 aromatic heterocycles. The molecule has 0 aromatic carbocycles. The van der Waals surface area contributed by atoms with Gasteiger partial charge in [0.1, 0.15) is 0 Å². The predicted octanol–water partition coefficient (Wildman–Crippen LogP) is 1.27. The minimum absolute atomic E-state index is 0.00394. The second-order valence-electron chi connectivity index (χ2n) is 6.05. The number of piperidine rings is 1. The number of esters is 1. The molecule has 2 rings (SSSR count). The van der Waals surface area contributed by atoms with E-state index in [0.717, 1.165) is 44.7 Å². The van der Waals surface area contributed by atoms with Gasteiger partial charge in [0, 0.05) is 24.3 Å². The molecule has 0 saturated carbocycles. The molecule has 0 radical (unpaired) electrons. The predicted molar refractivity (Wildman–Crippen MR) is 83.4 cm³/mol. The highest BCUT2D eigenvalue weighted by atomic mass is 16.5. The maximum atomic E-state index is 11.4. The summed E-state index contributed by atoms with van der Waals surface area (Å²) in [5.41, 5.74) is 3.63. The molecule has 0 bridgehead atoms. The number of carbonyl (C=O) groups is 1. The van der Waals surface area contributed by atoms with Gasteiger partial charge in [-0.2, -0.15) is 5.10 Å². The largest absolute Gasteiger partial charge is 0.467 e. The van der Waals surface area contributed by atoms with Crippen LogP contribution in [0.1, 0.15) is 36.7 Å². The number of aliphatic hydroxyl groups excluding tert-OH is 1. The number of aryl methyl sites for hydroxylation is 2. The van der Waals surface area contributed by atoms with Crippen LogP contribution < -0.4 is 0 Å². The van der Waals surface area contributed by atoms with Crippen molar-refractivity contribution in [1.29, 1.82) is 0 Å². The Labute approximate surface area is 132 Å². The Bertz CT molecular complexity index is 519. The zero-order valence-electron chi connectivity index (χ0n) is 14.0. The quantitative estimate of drug-likeness (QED) is 0.830. The molecule has 1 saturated heterocycles. The molecule has 0 spiro atoms. The summed E-state index contributed by atoms with van der Waals surface area (Å²) in [4.78, 5) is 13.8. The van der Waals surface area contributed by atoms with Crippen molar-refractivity contribution in [1.82, 2.24) is 14.7 Å². The fraction of sp³-hybridized carbons (Fsp3) is 0.750. The van der Waals surface area contributed by atoms with Gasteiger partial charge < -0.3 is 9.84 Å². The van der Waals surface area contributed by atoms with E-state index in [0.29, 0.717) is 0 Å². The van der Waals surface area contributed by atoms with E-state index in [2.05, 4.69) is 35.5 Å². The van der Waals surface area contributed by atoms with Crippen LogP contribution in [0.5, 0.6) is 0 Å². The van der Waals surface area contributed by atoms with Gasteiger partial charge >= 0.3 is 5.97 Å². The van der Waals surface area contributed by atoms with E-state index >= 15 is 0 Å². The number of carbonyl (C=O) groups excluding carboxylic acids is 1. The zero-order valence-corrected chi connectivity index (χ0v) is 14.0. The molecular weight excluding hydrogens is 282 g/mol. The van der Waals surface area contributed by atoms with E-state index in [9.17, 15) is 9.90 Å². The van der Waals surface area contributed by atoms with Gasteiger partial charge in [0.25, 0.3) is 0 Å². The lowest BCUT2D eigenvalue weighted by Crippen LogP contribution is -2.40. The molecule has 1 fully saturated rings. The molecule has 22 heavy (non-hydrogen) atoms. The second-order valence-corrected chi connectivity index (χ2v) is 6.05. The van der Waals surface area contributed by atoms with Crippen LogP contribution in [0.15, 0.2) is 0 Å². The number of hydrogen-bond acceptors (Lipinski definition) is 5. The van der Waals surface area contributed by atoms with Crippen LogP contribution >= 0.6 is 0 Å². The third-order valence-electron chi connectivity index (χ3n) is 4.73. The molecule has 6 heteroatoms. The molecule has 2 heterocycles. The maximum absolute atomic E-state index is 11.4. The summed E-state index contributed by atoms with van der Waals surface area (Å²) in [7, 11) is 1.32. The van der Waals surface area contributed by atoms with Crippen LogP contribution in [0.2, 0.25) is 0 Å². The van der Waals surface area contributed by atoms with Gasteiger partial charge in [0.15, 0.2) is 6.10 Å². The van der Waals surface area contributed by atoms with Gasteiger partial charge in [-0.05, 0) is 52.6 Å². The highest BCUT2D eigenvalue weighted by Gasteiger charge is 2.30. The summed E-state index contributed by atoms with van der Waals surface area (Å²) in [6, 6.07) is 0. The maximum Gasteiger partial charge on any atom is 0.334 e. The van der Waals surface area contributed by atoms with E-state index in [-0.39, 0.29) is 5.92 Å². The summed E-state index contributed by atoms with van der Waals surface area (Å²) in [6.07, 6.45) is 0.644. The van der Waals surface area contributed by atoms with E-state index in [1.807, 2.05) is 4.68 Å². The first-order chi connectivity index (χ1) is 10.5. The van der Waals surface area contributed by atoms with Gasteiger partial charge in [-0.1, -0.05) is 0 Å². The van der Waals surface area contributed by atoms with Crippen LogP contribution in [-0.4, -0.2) is 52.1 Å². The Morgan fingerprint density at radius 3 is 2.55 bits per heavy atom. The van der Waals surface area contributed by atoms with E-state index in [1.165, 1.54) is 18.4 Å². The Morgan fingerprint density at radius 2 is 2.05 bits per heavy atom. The number of nitrogens with zero attached hydrogens (tertiary/aromatic N) is 3. The van der Waals surface area contributed by atoms with Gasteiger partial charge in [-0.15, -0.1) is 0 Å². The molecule has 1 atom stereocenters. The van der Waals surface area contributed by atoms with E-state index in [1.54, 1.807) is 0 Å². The summed E-state index contributed by atoms with van der Waals surface area (Å²) in [5, 5.41) is 14.5. The van der Waals surface area contributed by atoms with Crippen molar-refractivity contribution in [2.75, 3.05) is 20.2 Å². The molecule has 6 nitrogen and oxygen atoms in total. The first-order valence-corrected chi connectivity index (χ1v) is 7.99. The molecule has 0 amide bonds.